The van der Waals surface area contributed by atoms with E-state index in [1.807, 2.05) is 55.5 Å². The largest absolute Gasteiger partial charge is 0.497 e. The monoisotopic (exact) mass is 414 g/mol. The van der Waals surface area contributed by atoms with E-state index in [0.717, 1.165) is 39.2 Å². The second-order valence-electron chi connectivity index (χ2n) is 6.09. The number of nitrogens with zero attached hydrogens (tertiary/aromatic N) is 1. The lowest BCUT2D eigenvalue weighted by atomic mass is 10.0. The molecule has 0 saturated carbocycles. The van der Waals surface area contributed by atoms with Crippen molar-refractivity contribution in [3.05, 3.63) is 48.5 Å². The molecule has 154 valence electrons. The SMILES string of the molecule is CCOCCOCSc1nc(-c2ccc(OC)cc2)c(-c2ccc(OC)cc2)[nH]1. The van der Waals surface area contributed by atoms with Crippen LogP contribution in [0.25, 0.3) is 22.5 Å². The predicted octanol–water partition coefficient (Wildman–Crippen LogP) is 4.86. The molecule has 7 heteroatoms. The summed E-state index contributed by atoms with van der Waals surface area (Å²) in [7, 11) is 3.32. The number of aromatic nitrogens is 2. The molecule has 1 N–H and O–H groups in total. The van der Waals surface area contributed by atoms with Gasteiger partial charge in [-0.15, -0.1) is 0 Å². The number of ether oxygens (including phenoxy) is 4. The van der Waals surface area contributed by atoms with E-state index in [9.17, 15) is 0 Å². The molecule has 0 unspecified atom stereocenters. The van der Waals surface area contributed by atoms with Crippen molar-refractivity contribution >= 4 is 11.8 Å². The minimum absolute atomic E-state index is 0.505. The highest BCUT2D eigenvalue weighted by atomic mass is 32.2. The van der Waals surface area contributed by atoms with Crippen molar-refractivity contribution in [2.24, 2.45) is 0 Å². The lowest BCUT2D eigenvalue weighted by Crippen LogP contribution is -2.03. The Bertz CT molecular complexity index is 814. The van der Waals surface area contributed by atoms with Gasteiger partial charge in [0.1, 0.15) is 11.5 Å². The van der Waals surface area contributed by atoms with Crippen LogP contribution in [-0.2, 0) is 9.47 Å². The van der Waals surface area contributed by atoms with Gasteiger partial charge in [0.15, 0.2) is 5.16 Å². The van der Waals surface area contributed by atoms with E-state index in [1.54, 1.807) is 14.2 Å². The molecule has 0 aliphatic heterocycles. The zero-order chi connectivity index (χ0) is 20.5. The van der Waals surface area contributed by atoms with Crippen LogP contribution >= 0.6 is 11.8 Å². The number of nitrogens with one attached hydrogen (secondary N) is 1. The van der Waals surface area contributed by atoms with Crippen LogP contribution < -0.4 is 9.47 Å². The minimum atomic E-state index is 0.505. The van der Waals surface area contributed by atoms with Crippen LogP contribution in [-0.4, -0.2) is 49.9 Å². The van der Waals surface area contributed by atoms with Crippen molar-refractivity contribution in [1.82, 2.24) is 9.97 Å². The Kier molecular flexibility index (Phi) is 7.98. The van der Waals surface area contributed by atoms with E-state index in [4.69, 9.17) is 23.9 Å². The molecule has 0 bridgehead atoms. The summed E-state index contributed by atoms with van der Waals surface area (Å²) in [6, 6.07) is 15.8. The topological polar surface area (TPSA) is 65.6 Å². The Hall–Kier alpha value is -2.48. The van der Waals surface area contributed by atoms with Crippen molar-refractivity contribution in [2.45, 2.75) is 12.1 Å². The Morgan fingerprint density at radius 1 is 0.828 bits per heavy atom. The molecule has 3 aromatic rings. The summed E-state index contributed by atoms with van der Waals surface area (Å²) in [5.41, 5.74) is 3.88. The maximum absolute atomic E-state index is 5.61. The molecule has 0 aliphatic rings. The first-order valence-electron chi connectivity index (χ1n) is 9.42. The molecule has 0 amide bonds. The minimum Gasteiger partial charge on any atom is -0.497 e. The van der Waals surface area contributed by atoms with Crippen molar-refractivity contribution in [2.75, 3.05) is 40.0 Å². The van der Waals surface area contributed by atoms with E-state index in [0.29, 0.717) is 25.8 Å². The molecule has 0 radical (unpaired) electrons. The van der Waals surface area contributed by atoms with Crippen molar-refractivity contribution < 1.29 is 18.9 Å². The third kappa shape index (κ3) is 5.76. The van der Waals surface area contributed by atoms with Crippen LogP contribution in [0.3, 0.4) is 0 Å². The summed E-state index contributed by atoms with van der Waals surface area (Å²) >= 11 is 1.52. The summed E-state index contributed by atoms with van der Waals surface area (Å²) in [6.45, 7) is 3.84. The van der Waals surface area contributed by atoms with Crippen molar-refractivity contribution in [3.63, 3.8) is 0 Å². The number of hydrogen-bond donors (Lipinski definition) is 1. The summed E-state index contributed by atoms with van der Waals surface area (Å²) in [5, 5.41) is 0.804. The summed E-state index contributed by atoms with van der Waals surface area (Å²) in [6.07, 6.45) is 0. The molecular formula is C22H26N2O4S. The highest BCUT2D eigenvalue weighted by molar-refractivity contribution is 7.99. The number of hydrogen-bond acceptors (Lipinski definition) is 6. The molecule has 0 fully saturated rings. The molecule has 1 aromatic heterocycles. The summed E-state index contributed by atoms with van der Waals surface area (Å²) in [5.74, 6) is 2.13. The van der Waals surface area contributed by atoms with Gasteiger partial charge in [0, 0.05) is 17.7 Å². The lowest BCUT2D eigenvalue weighted by molar-refractivity contribution is 0.0721. The maximum atomic E-state index is 5.61. The van der Waals surface area contributed by atoms with Gasteiger partial charge in [-0.05, 0) is 55.5 Å². The number of rotatable bonds is 11. The highest BCUT2D eigenvalue weighted by Gasteiger charge is 2.15. The normalized spacial score (nSPS) is 10.9. The number of H-pyrrole nitrogens is 1. The zero-order valence-corrected chi connectivity index (χ0v) is 17.8. The van der Waals surface area contributed by atoms with Gasteiger partial charge in [-0.3, -0.25) is 0 Å². The number of methoxy groups -OCH3 is 2. The van der Waals surface area contributed by atoms with E-state index in [1.165, 1.54) is 11.8 Å². The number of benzene rings is 2. The fraction of sp³-hybridized carbons (Fsp3) is 0.318. The fourth-order valence-corrected chi connectivity index (χ4v) is 3.41. The maximum Gasteiger partial charge on any atom is 0.168 e. The molecule has 29 heavy (non-hydrogen) atoms. The first-order valence-corrected chi connectivity index (χ1v) is 10.4. The van der Waals surface area contributed by atoms with Crippen molar-refractivity contribution in [1.29, 1.82) is 0 Å². The average Bonchev–Trinajstić information content (AvgIpc) is 3.20. The van der Waals surface area contributed by atoms with Gasteiger partial charge in [0.05, 0.1) is 44.8 Å². The molecular weight excluding hydrogens is 388 g/mol. The third-order valence-corrected chi connectivity index (χ3v) is 5.03. The van der Waals surface area contributed by atoms with Crippen LogP contribution in [0.2, 0.25) is 0 Å². The Morgan fingerprint density at radius 2 is 1.41 bits per heavy atom. The van der Waals surface area contributed by atoms with Crippen LogP contribution in [0.4, 0.5) is 0 Å². The van der Waals surface area contributed by atoms with Crippen molar-refractivity contribution in [3.8, 4) is 34.0 Å². The van der Waals surface area contributed by atoms with Crippen LogP contribution in [0.15, 0.2) is 53.7 Å². The molecule has 6 nitrogen and oxygen atoms in total. The predicted molar refractivity (Wildman–Crippen MR) is 116 cm³/mol. The second kappa shape index (κ2) is 10.9. The molecule has 1 heterocycles. The molecule has 0 spiro atoms. The van der Waals surface area contributed by atoms with Crippen LogP contribution in [0.1, 0.15) is 6.92 Å². The van der Waals surface area contributed by atoms with Gasteiger partial charge in [-0.2, -0.15) is 0 Å². The molecule has 3 rings (SSSR count). The van der Waals surface area contributed by atoms with Crippen LogP contribution in [0, 0.1) is 0 Å². The first-order chi connectivity index (χ1) is 14.2. The lowest BCUT2D eigenvalue weighted by Gasteiger charge is -2.06. The molecule has 2 aromatic carbocycles. The standard InChI is InChI=1S/C22H26N2O4S/c1-4-27-13-14-28-15-29-22-23-20(16-5-9-18(25-2)10-6-16)21(24-22)17-7-11-19(26-3)12-8-17/h5-12H,4,13-15H2,1-3H3,(H,23,24). The van der Waals surface area contributed by atoms with Gasteiger partial charge in [-0.1, -0.05) is 11.8 Å². The van der Waals surface area contributed by atoms with Gasteiger partial charge in [0.25, 0.3) is 0 Å². The van der Waals surface area contributed by atoms with E-state index < -0.39 is 0 Å². The average molecular weight is 415 g/mol. The van der Waals surface area contributed by atoms with Gasteiger partial charge in [0.2, 0.25) is 0 Å². The Balaban J connectivity index is 1.82. The smallest absolute Gasteiger partial charge is 0.168 e. The Morgan fingerprint density at radius 3 is 2.00 bits per heavy atom. The number of thioether (sulfide) groups is 1. The van der Waals surface area contributed by atoms with Gasteiger partial charge < -0.3 is 23.9 Å². The van der Waals surface area contributed by atoms with E-state index in [-0.39, 0.29) is 0 Å². The zero-order valence-electron chi connectivity index (χ0n) is 16.9. The Labute approximate surface area is 175 Å². The highest BCUT2D eigenvalue weighted by Crippen LogP contribution is 2.34. The fourth-order valence-electron chi connectivity index (χ4n) is 2.76. The molecule has 0 atom stereocenters. The van der Waals surface area contributed by atoms with Crippen LogP contribution in [0.5, 0.6) is 11.5 Å². The first kappa shape index (κ1) is 21.2. The van der Waals surface area contributed by atoms with Gasteiger partial charge >= 0.3 is 0 Å². The summed E-state index contributed by atoms with van der Waals surface area (Å²) < 4.78 is 21.4. The third-order valence-electron chi connectivity index (χ3n) is 4.28. The second-order valence-corrected chi connectivity index (χ2v) is 7.00. The van der Waals surface area contributed by atoms with Gasteiger partial charge in [-0.25, -0.2) is 4.98 Å². The number of aromatic amines is 1. The molecule has 0 saturated heterocycles. The van der Waals surface area contributed by atoms with E-state index >= 15 is 0 Å². The summed E-state index contributed by atoms with van der Waals surface area (Å²) in [4.78, 5) is 8.25. The van der Waals surface area contributed by atoms with E-state index in [2.05, 4.69) is 4.98 Å². The molecule has 0 aliphatic carbocycles. The quantitative estimate of drug-likeness (QED) is 0.274. The number of imidazole rings is 1.